The molecule has 2 aromatic rings. The summed E-state index contributed by atoms with van der Waals surface area (Å²) in [6.45, 7) is -0.420. The van der Waals surface area contributed by atoms with E-state index in [-0.39, 0.29) is 11.3 Å². The van der Waals surface area contributed by atoms with Gasteiger partial charge in [-0.2, -0.15) is 0 Å². The molecule has 0 saturated carbocycles. The maximum absolute atomic E-state index is 13.9. The second-order valence-electron chi connectivity index (χ2n) is 7.80. The van der Waals surface area contributed by atoms with Gasteiger partial charge in [-0.3, -0.25) is 0 Å². The quantitative estimate of drug-likeness (QED) is 0.158. The van der Waals surface area contributed by atoms with E-state index in [1.54, 1.807) is 6.07 Å². The molecule has 2 aromatic carbocycles. The lowest BCUT2D eigenvalue weighted by atomic mass is 10.1. The first-order valence-corrected chi connectivity index (χ1v) is 11.1. The molecule has 4 nitrogen and oxygen atoms in total. The molecule has 4 rings (SSSR count). The maximum atomic E-state index is 13.9. The molecule has 9 heteroatoms. The minimum Gasteiger partial charge on any atom is -0.494 e. The van der Waals surface area contributed by atoms with E-state index in [9.17, 15) is 26.7 Å². The molecule has 0 N–H and O–H groups in total. The van der Waals surface area contributed by atoms with Gasteiger partial charge in [0.05, 0.1) is 18.8 Å². The number of esters is 1. The minimum absolute atomic E-state index is 0.0765. The maximum Gasteiger partial charge on any atom is 0.342 e. The Hall–Kier alpha value is -3.10. The Kier molecular flexibility index (Phi) is 9.30. The van der Waals surface area contributed by atoms with Crippen LogP contribution in [0.1, 0.15) is 60.9 Å². The third-order valence-corrected chi connectivity index (χ3v) is 5.29. The Morgan fingerprint density at radius 3 is 2.06 bits per heavy atom. The molecule has 0 aromatic heterocycles. The fourth-order valence-electron chi connectivity index (χ4n) is 3.39. The van der Waals surface area contributed by atoms with Crippen LogP contribution in [0.25, 0.3) is 0 Å². The van der Waals surface area contributed by atoms with Crippen molar-refractivity contribution in [3.63, 3.8) is 0 Å². The summed E-state index contributed by atoms with van der Waals surface area (Å²) >= 11 is 0. The third kappa shape index (κ3) is 6.48. The van der Waals surface area contributed by atoms with Gasteiger partial charge in [-0.25, -0.2) is 26.7 Å². The van der Waals surface area contributed by atoms with Crippen molar-refractivity contribution < 1.29 is 41.0 Å². The van der Waals surface area contributed by atoms with E-state index < -0.39 is 47.2 Å². The Labute approximate surface area is 194 Å². The van der Waals surface area contributed by atoms with Crippen molar-refractivity contribution in [1.82, 2.24) is 0 Å². The summed E-state index contributed by atoms with van der Waals surface area (Å²) in [6, 6.07) is 4.51. The lowest BCUT2D eigenvalue weighted by Crippen LogP contribution is -2.13. The van der Waals surface area contributed by atoms with Crippen molar-refractivity contribution in [2.45, 2.75) is 51.6 Å². The average molecular weight is 484 g/mol. The van der Waals surface area contributed by atoms with Crippen LogP contribution in [0.15, 0.2) is 30.4 Å². The van der Waals surface area contributed by atoms with Crippen molar-refractivity contribution in [2.24, 2.45) is 0 Å². The highest BCUT2D eigenvalue weighted by Crippen LogP contribution is 2.28. The van der Waals surface area contributed by atoms with Gasteiger partial charge >= 0.3 is 5.97 Å². The molecule has 0 amide bonds. The number of carbonyl (C=O) groups excluding carboxylic acids is 1. The summed E-state index contributed by atoms with van der Waals surface area (Å²) in [4.78, 5) is 12.7. The number of halogens is 5. The van der Waals surface area contributed by atoms with Crippen molar-refractivity contribution in [1.29, 1.82) is 0 Å². The summed E-state index contributed by atoms with van der Waals surface area (Å²) < 4.78 is 84.2. The molecule has 0 unspecified atom stereocenters. The zero-order valence-corrected chi connectivity index (χ0v) is 18.5. The number of rotatable bonds is 3. The molecule has 0 spiro atoms. The molecule has 184 valence electrons. The number of ether oxygens (including phenoxy) is 3. The second-order valence-corrected chi connectivity index (χ2v) is 7.80. The van der Waals surface area contributed by atoms with Crippen LogP contribution in [0.5, 0.6) is 11.5 Å². The number of benzene rings is 2. The van der Waals surface area contributed by atoms with Crippen LogP contribution in [0.2, 0.25) is 0 Å². The molecule has 2 bridgehead atoms. The number of allylic oxidation sites excluding steroid dienone is 2. The topological polar surface area (TPSA) is 44.8 Å². The number of fused-ring (bicyclic) bond motifs is 13. The normalized spacial score (nSPS) is 16.3. The van der Waals surface area contributed by atoms with Crippen LogP contribution >= 0.6 is 0 Å². The van der Waals surface area contributed by atoms with Crippen LogP contribution < -0.4 is 9.47 Å². The summed E-state index contributed by atoms with van der Waals surface area (Å²) in [5.41, 5.74) is -1.31. The van der Waals surface area contributed by atoms with Crippen LogP contribution in [0, 0.1) is 29.1 Å². The molecule has 0 atom stereocenters. The highest BCUT2D eigenvalue weighted by atomic mass is 19.2. The summed E-state index contributed by atoms with van der Waals surface area (Å²) in [6.07, 6.45) is 10.6. The van der Waals surface area contributed by atoms with Gasteiger partial charge in [-0.05, 0) is 63.1 Å². The lowest BCUT2D eigenvalue weighted by Gasteiger charge is -2.14. The van der Waals surface area contributed by atoms with Crippen molar-refractivity contribution in [3.8, 4) is 11.5 Å². The monoisotopic (exact) mass is 484 g/mol. The molecule has 0 radical (unpaired) electrons. The van der Waals surface area contributed by atoms with E-state index in [0.717, 1.165) is 44.9 Å². The van der Waals surface area contributed by atoms with E-state index >= 15 is 0 Å². The van der Waals surface area contributed by atoms with Crippen molar-refractivity contribution in [3.05, 3.63) is 70.6 Å². The van der Waals surface area contributed by atoms with Crippen LogP contribution in [-0.2, 0) is 11.3 Å². The van der Waals surface area contributed by atoms with E-state index in [0.29, 0.717) is 19.0 Å². The van der Waals surface area contributed by atoms with E-state index in [1.165, 1.54) is 12.1 Å². The number of carbonyl (C=O) groups is 1. The van der Waals surface area contributed by atoms with Crippen LogP contribution in [0.4, 0.5) is 22.0 Å². The highest BCUT2D eigenvalue weighted by Gasteiger charge is 2.27. The first kappa shape index (κ1) is 25.5. The van der Waals surface area contributed by atoms with Gasteiger partial charge in [0.2, 0.25) is 5.82 Å². The lowest BCUT2D eigenvalue weighted by molar-refractivity contribution is 0.0456. The Bertz CT molecular complexity index is 1010. The third-order valence-electron chi connectivity index (χ3n) is 5.29. The molecule has 2 heterocycles. The van der Waals surface area contributed by atoms with Gasteiger partial charge < -0.3 is 14.2 Å². The fourth-order valence-corrected chi connectivity index (χ4v) is 3.39. The van der Waals surface area contributed by atoms with Crippen LogP contribution in [0.3, 0.4) is 0 Å². The van der Waals surface area contributed by atoms with Crippen molar-refractivity contribution >= 4 is 5.97 Å². The van der Waals surface area contributed by atoms with Gasteiger partial charge in [-0.1, -0.05) is 12.2 Å². The minimum atomic E-state index is -2.28. The van der Waals surface area contributed by atoms with Gasteiger partial charge in [0.25, 0.3) is 0 Å². The second kappa shape index (κ2) is 12.4. The van der Waals surface area contributed by atoms with Gasteiger partial charge in [0.1, 0.15) is 23.7 Å². The molecule has 34 heavy (non-hydrogen) atoms. The smallest absolute Gasteiger partial charge is 0.342 e. The number of hydrogen-bond acceptors (Lipinski definition) is 4. The van der Waals surface area contributed by atoms with E-state index in [4.69, 9.17) is 14.2 Å². The fraction of sp³-hybridized carbons (Fsp3) is 0.400. The van der Waals surface area contributed by atoms with E-state index in [2.05, 4.69) is 12.2 Å². The Morgan fingerprint density at radius 1 is 0.765 bits per heavy atom. The molecule has 2 aliphatic rings. The molecular weight excluding hydrogens is 459 g/mol. The summed E-state index contributed by atoms with van der Waals surface area (Å²) in [7, 11) is 0. The highest BCUT2D eigenvalue weighted by molar-refractivity contribution is 5.93. The first-order chi connectivity index (χ1) is 16.4. The first-order valence-electron chi connectivity index (χ1n) is 11.1. The van der Waals surface area contributed by atoms with Gasteiger partial charge in [0, 0.05) is 0 Å². The zero-order valence-electron chi connectivity index (χ0n) is 18.5. The summed E-state index contributed by atoms with van der Waals surface area (Å²) in [5.74, 6) is -11.1. The predicted octanol–water partition coefficient (Wildman–Crippen LogP) is 6.80. The van der Waals surface area contributed by atoms with E-state index in [1.807, 2.05) is 0 Å². The Morgan fingerprint density at radius 2 is 1.35 bits per heavy atom. The van der Waals surface area contributed by atoms with Crippen LogP contribution in [-0.4, -0.2) is 19.2 Å². The average Bonchev–Trinajstić information content (AvgIpc) is 2.84. The molecule has 0 fully saturated rings. The Balaban J connectivity index is 1.77. The van der Waals surface area contributed by atoms with Gasteiger partial charge in [-0.15, -0.1) is 0 Å². The number of hydrogen-bond donors (Lipinski definition) is 0. The molecule has 0 saturated heterocycles. The van der Waals surface area contributed by atoms with Crippen molar-refractivity contribution in [2.75, 3.05) is 13.2 Å². The zero-order chi connectivity index (χ0) is 24.5. The standard InChI is InChI=1S/C25H25F5O4/c26-20-18(21(27)23(29)24(30)22(20)28)15-34-25(31)17-14-16-10-11-19(17)33-13-9-7-5-3-1-2-4-6-8-12-32-16/h1-2,10-11,14H,3-9,12-13,15H2/b2-1-. The van der Waals surface area contributed by atoms with Gasteiger partial charge in [0.15, 0.2) is 23.3 Å². The summed E-state index contributed by atoms with van der Waals surface area (Å²) in [5, 5.41) is 0. The molecule has 0 aliphatic carbocycles. The molecule has 2 aliphatic heterocycles. The SMILES string of the molecule is O=C(OCc1c(F)c(F)c(F)c(F)c1F)c1cc2ccc1OCCCCC/C=C\CCCCO2. The largest absolute Gasteiger partial charge is 0.494 e. The molecular formula is C25H25F5O4. The predicted molar refractivity (Wildman–Crippen MR) is 114 cm³/mol.